The Hall–Kier alpha value is -4.89. The number of anilines is 2. The number of aryl methyl sites for hydroxylation is 2. The number of halogens is 4. The summed E-state index contributed by atoms with van der Waals surface area (Å²) >= 11 is 14.1. The first-order valence-corrected chi connectivity index (χ1v) is 17.6. The van der Waals surface area contributed by atoms with E-state index in [1.807, 2.05) is 24.3 Å². The Morgan fingerprint density at radius 1 is 1.00 bits per heavy atom. The molecular weight excluding hydrogens is 731 g/mol. The van der Waals surface area contributed by atoms with Gasteiger partial charge in [0.1, 0.15) is 29.1 Å². The Bertz CT molecular complexity index is 2450. The first kappa shape index (κ1) is 35.2. The molecule has 2 aromatic carbocycles. The zero-order valence-electron chi connectivity index (χ0n) is 28.8. The van der Waals surface area contributed by atoms with Crippen LogP contribution in [-0.2, 0) is 30.0 Å². The van der Waals surface area contributed by atoms with Gasteiger partial charge in [-0.3, -0.25) is 23.6 Å². The summed E-state index contributed by atoms with van der Waals surface area (Å²) in [4.78, 5) is 48.8. The second-order valence-corrected chi connectivity index (χ2v) is 14.3. The van der Waals surface area contributed by atoms with Gasteiger partial charge in [0.15, 0.2) is 0 Å². The van der Waals surface area contributed by atoms with Crippen molar-refractivity contribution in [1.82, 2.24) is 29.3 Å². The normalized spacial score (nSPS) is 18.0. The third kappa shape index (κ3) is 5.84. The van der Waals surface area contributed by atoms with Gasteiger partial charge in [-0.2, -0.15) is 0 Å². The molecule has 16 heteroatoms. The second kappa shape index (κ2) is 13.2. The summed E-state index contributed by atoms with van der Waals surface area (Å²) < 4.78 is 41.7. The van der Waals surface area contributed by atoms with Crippen molar-refractivity contribution in [1.29, 1.82) is 0 Å². The minimum absolute atomic E-state index is 0.000427. The molecule has 1 spiro atoms. The highest BCUT2D eigenvalue weighted by Gasteiger charge is 2.50. The van der Waals surface area contributed by atoms with E-state index in [1.54, 1.807) is 25.3 Å². The SMILES string of the molecule is COc1nc(-c2cccc(-c3cccc(Nc4nc(C(F)F)cc5c4c(=O)n(C)c(=O)n5C)c3Cl)c2Cl)cc2c1[C@@H](N1CC3(CNC(=O)CO3)C1)CC2. The van der Waals surface area contributed by atoms with Crippen LogP contribution in [0.25, 0.3) is 33.3 Å². The highest BCUT2D eigenvalue weighted by molar-refractivity contribution is 6.39. The van der Waals surface area contributed by atoms with Crippen molar-refractivity contribution in [3.8, 4) is 28.3 Å². The molecule has 2 N–H and O–H groups in total. The monoisotopic (exact) mass is 763 g/mol. The fourth-order valence-corrected chi connectivity index (χ4v) is 8.25. The molecule has 3 aliphatic rings. The van der Waals surface area contributed by atoms with E-state index in [9.17, 15) is 23.2 Å². The highest BCUT2D eigenvalue weighted by atomic mass is 35.5. The van der Waals surface area contributed by atoms with E-state index < -0.39 is 23.4 Å². The minimum Gasteiger partial charge on any atom is -0.481 e. The molecule has 0 unspecified atom stereocenters. The summed E-state index contributed by atoms with van der Waals surface area (Å²) in [7, 11) is 4.30. The number of ether oxygens (including phenoxy) is 2. The molecule has 1 aliphatic carbocycles. The summed E-state index contributed by atoms with van der Waals surface area (Å²) in [6.07, 6.45) is -1.27. The quantitative estimate of drug-likeness (QED) is 0.219. The molecule has 2 saturated heterocycles. The van der Waals surface area contributed by atoms with E-state index >= 15 is 0 Å². The molecule has 2 fully saturated rings. The average Bonchev–Trinajstić information content (AvgIpc) is 3.56. The smallest absolute Gasteiger partial charge is 0.330 e. The molecule has 3 aromatic heterocycles. The number of nitrogens with zero attached hydrogens (tertiary/aromatic N) is 5. The van der Waals surface area contributed by atoms with Crippen LogP contribution in [0.15, 0.2) is 58.1 Å². The number of hydrogen-bond acceptors (Lipinski definition) is 9. The average molecular weight is 765 g/mol. The number of pyridine rings is 2. The fraction of sp³-hybridized carbons (Fsp3) is 0.324. The first-order valence-electron chi connectivity index (χ1n) is 16.9. The maximum Gasteiger partial charge on any atom is 0.330 e. The predicted octanol–water partition coefficient (Wildman–Crippen LogP) is 5.55. The van der Waals surface area contributed by atoms with Gasteiger partial charge >= 0.3 is 5.69 Å². The molecule has 0 saturated carbocycles. The fourth-order valence-electron chi connectivity index (χ4n) is 7.65. The number of amides is 1. The number of likely N-dealkylation sites (tertiary alicyclic amines) is 1. The summed E-state index contributed by atoms with van der Waals surface area (Å²) in [6.45, 7) is 1.97. The van der Waals surface area contributed by atoms with E-state index in [0.29, 0.717) is 52.9 Å². The van der Waals surface area contributed by atoms with Gasteiger partial charge in [-0.05, 0) is 36.6 Å². The molecule has 53 heavy (non-hydrogen) atoms. The summed E-state index contributed by atoms with van der Waals surface area (Å²) in [5, 5.41) is 6.41. The van der Waals surface area contributed by atoms with Gasteiger partial charge in [0.05, 0.1) is 34.1 Å². The van der Waals surface area contributed by atoms with Crippen molar-refractivity contribution in [2.75, 3.05) is 38.7 Å². The zero-order valence-corrected chi connectivity index (χ0v) is 30.3. The zero-order chi connectivity index (χ0) is 37.3. The summed E-state index contributed by atoms with van der Waals surface area (Å²) in [5.41, 5.74) is 2.46. The van der Waals surface area contributed by atoms with E-state index in [-0.39, 0.29) is 51.6 Å². The van der Waals surface area contributed by atoms with Gasteiger partial charge < -0.3 is 20.1 Å². The van der Waals surface area contributed by atoms with Crippen molar-refractivity contribution < 1.29 is 23.0 Å². The van der Waals surface area contributed by atoms with Gasteiger partial charge in [-0.1, -0.05) is 53.5 Å². The first-order chi connectivity index (χ1) is 25.4. The molecule has 1 amide bonds. The van der Waals surface area contributed by atoms with Gasteiger partial charge in [0, 0.05) is 62.0 Å². The number of hydrogen-bond donors (Lipinski definition) is 2. The minimum atomic E-state index is -2.97. The number of morpholine rings is 1. The number of carbonyl (C=O) groups is 1. The van der Waals surface area contributed by atoms with Crippen LogP contribution in [0.1, 0.15) is 35.7 Å². The number of fused-ring (bicyclic) bond motifs is 2. The number of nitrogens with one attached hydrogen (secondary N) is 2. The van der Waals surface area contributed by atoms with Crippen molar-refractivity contribution in [2.24, 2.45) is 14.1 Å². The van der Waals surface area contributed by atoms with Crippen molar-refractivity contribution in [3.05, 3.63) is 96.2 Å². The molecule has 274 valence electrons. The van der Waals surface area contributed by atoms with Crippen molar-refractivity contribution >= 4 is 51.5 Å². The molecule has 2 aliphatic heterocycles. The van der Waals surface area contributed by atoms with Crippen LogP contribution < -0.4 is 26.6 Å². The molecular formula is C37H33Cl2F2N7O5. The maximum absolute atomic E-state index is 14.0. The third-order valence-corrected chi connectivity index (χ3v) is 11.2. The lowest BCUT2D eigenvalue weighted by atomic mass is 9.89. The predicted molar refractivity (Wildman–Crippen MR) is 196 cm³/mol. The molecule has 1 atom stereocenters. The highest BCUT2D eigenvalue weighted by Crippen LogP contribution is 2.48. The van der Waals surface area contributed by atoms with Gasteiger partial charge in [-0.25, -0.2) is 23.5 Å². The number of aromatic nitrogens is 4. The Balaban J connectivity index is 1.13. The molecule has 0 bridgehead atoms. The number of carbonyl (C=O) groups excluding carboxylic acids is 1. The molecule has 12 nitrogen and oxygen atoms in total. The Morgan fingerprint density at radius 2 is 1.72 bits per heavy atom. The molecule has 8 rings (SSSR count). The lowest BCUT2D eigenvalue weighted by molar-refractivity contribution is -0.179. The Morgan fingerprint density at radius 3 is 2.42 bits per heavy atom. The van der Waals surface area contributed by atoms with E-state index in [4.69, 9.17) is 37.7 Å². The van der Waals surface area contributed by atoms with Crippen LogP contribution in [0.5, 0.6) is 5.88 Å². The van der Waals surface area contributed by atoms with Crippen LogP contribution in [0.3, 0.4) is 0 Å². The van der Waals surface area contributed by atoms with E-state index in [2.05, 4.69) is 20.5 Å². The third-order valence-electron chi connectivity index (χ3n) is 10.4. The molecule has 5 heterocycles. The Labute approximate surface area is 311 Å². The maximum atomic E-state index is 14.0. The second-order valence-electron chi connectivity index (χ2n) is 13.6. The molecule has 5 aromatic rings. The van der Waals surface area contributed by atoms with Crippen LogP contribution in [-0.4, -0.2) is 68.9 Å². The number of methoxy groups -OCH3 is 1. The van der Waals surface area contributed by atoms with Crippen LogP contribution in [0.4, 0.5) is 20.3 Å². The standard InChI is InChI=1S/C37H33Cl2F2N7O5/c1-46-26-13-24(32(40)41)44-33(29(26)35(50)47(2)36(46)51)43-22-9-5-7-20(31(22)39)19-6-4-8-21(30(19)38)23-12-18-10-11-25(28(18)34(45-23)52-3)48-16-37(17-48)15-42-27(49)14-53-37/h4-9,12-13,25,32H,10-11,14-17H2,1-3H3,(H,42,49)(H,43,44)/t25-/m0/s1. The van der Waals surface area contributed by atoms with Crippen molar-refractivity contribution in [2.45, 2.75) is 30.9 Å². The topological polar surface area (TPSA) is 133 Å². The van der Waals surface area contributed by atoms with Crippen LogP contribution >= 0.6 is 23.2 Å². The van der Waals surface area contributed by atoms with Gasteiger partial charge in [0.25, 0.3) is 12.0 Å². The molecule has 0 radical (unpaired) electrons. The van der Waals surface area contributed by atoms with Crippen LogP contribution in [0.2, 0.25) is 10.0 Å². The van der Waals surface area contributed by atoms with Gasteiger partial charge in [-0.15, -0.1) is 0 Å². The lowest BCUT2D eigenvalue weighted by Crippen LogP contribution is -2.70. The van der Waals surface area contributed by atoms with E-state index in [0.717, 1.165) is 39.2 Å². The van der Waals surface area contributed by atoms with E-state index in [1.165, 1.54) is 14.1 Å². The van der Waals surface area contributed by atoms with Crippen LogP contribution in [0, 0.1) is 0 Å². The largest absolute Gasteiger partial charge is 0.481 e. The Kier molecular flexibility index (Phi) is 8.76. The number of alkyl halides is 2. The lowest BCUT2D eigenvalue weighted by Gasteiger charge is -2.53. The summed E-state index contributed by atoms with van der Waals surface area (Å²) in [6, 6.07) is 13.8. The van der Waals surface area contributed by atoms with Gasteiger partial charge in [0.2, 0.25) is 11.8 Å². The number of benzene rings is 2. The number of rotatable bonds is 7. The van der Waals surface area contributed by atoms with Crippen molar-refractivity contribution in [3.63, 3.8) is 0 Å². The summed E-state index contributed by atoms with van der Waals surface area (Å²) in [5.74, 6) is 0.242.